The summed E-state index contributed by atoms with van der Waals surface area (Å²) >= 11 is 3.92. The summed E-state index contributed by atoms with van der Waals surface area (Å²) in [7, 11) is 0. The Bertz CT molecular complexity index is 3410. The van der Waals surface area contributed by atoms with Crippen LogP contribution in [0.4, 0.5) is 34.1 Å². The van der Waals surface area contributed by atoms with Crippen molar-refractivity contribution in [3.05, 3.63) is 188 Å². The molecular weight excluding hydrogens is 728 g/mol. The standard InChI is InChI=1S/C52H31BN2S2/c1-2-16-33(17-3-1)54-43-27-14-28-44-48(43)53(51-49(54)41-23-8-10-29-45(41)56-51)52-50(42-24-9-11-30-46(42)57-52)55(44)34-18-12-15-32(31-34)35-25-13-26-40-38-20-5-4-19-36(38)37-21-6-7-22-39(37)47(35)40/h1-31H. The molecule has 0 unspecified atom stereocenters. The average molecular weight is 759 g/mol. The van der Waals surface area contributed by atoms with Crippen molar-refractivity contribution in [1.29, 1.82) is 0 Å². The number of hydrogen-bond donors (Lipinski definition) is 0. The van der Waals surface area contributed by atoms with Gasteiger partial charge in [0.1, 0.15) is 0 Å². The fourth-order valence-corrected chi connectivity index (χ4v) is 12.6. The van der Waals surface area contributed by atoms with Gasteiger partial charge in [0, 0.05) is 52.5 Å². The molecule has 13 rings (SSSR count). The minimum atomic E-state index is 0.119. The highest BCUT2D eigenvalue weighted by atomic mass is 32.1. The molecule has 2 aromatic heterocycles. The summed E-state index contributed by atoms with van der Waals surface area (Å²) in [5.41, 5.74) is 11.3. The van der Waals surface area contributed by atoms with Crippen LogP contribution in [-0.2, 0) is 0 Å². The van der Waals surface area contributed by atoms with E-state index in [0.29, 0.717) is 0 Å². The molecule has 2 aliphatic heterocycles. The Kier molecular flexibility index (Phi) is 6.60. The Hall–Kier alpha value is -6.66. The number of rotatable bonds is 3. The lowest BCUT2D eigenvalue weighted by molar-refractivity contribution is 1.28. The first kappa shape index (κ1) is 31.5. The number of anilines is 6. The van der Waals surface area contributed by atoms with Crippen LogP contribution in [0.3, 0.4) is 0 Å². The molecule has 2 aliphatic rings. The minimum Gasteiger partial charge on any atom is -0.310 e. The van der Waals surface area contributed by atoms with Gasteiger partial charge < -0.3 is 9.80 Å². The summed E-state index contributed by atoms with van der Waals surface area (Å²) in [6.07, 6.45) is 0. The van der Waals surface area contributed by atoms with Crippen LogP contribution in [0.25, 0.3) is 63.6 Å². The highest BCUT2D eigenvalue weighted by Crippen LogP contribution is 2.50. The molecule has 9 aromatic carbocycles. The zero-order valence-corrected chi connectivity index (χ0v) is 32.3. The molecule has 4 heterocycles. The molecule has 57 heavy (non-hydrogen) atoms. The van der Waals surface area contributed by atoms with Gasteiger partial charge in [0.05, 0.1) is 11.4 Å². The molecule has 0 radical (unpaired) electrons. The largest absolute Gasteiger partial charge is 0.310 e. The van der Waals surface area contributed by atoms with Gasteiger partial charge in [0.25, 0.3) is 6.71 Å². The maximum absolute atomic E-state index is 2.58. The Labute approximate surface area is 338 Å². The van der Waals surface area contributed by atoms with Gasteiger partial charge in [0.2, 0.25) is 0 Å². The van der Waals surface area contributed by atoms with Gasteiger partial charge in [0.15, 0.2) is 0 Å². The monoisotopic (exact) mass is 758 g/mol. The van der Waals surface area contributed by atoms with E-state index in [1.165, 1.54) is 113 Å². The smallest absolute Gasteiger partial charge is 0.277 e. The maximum Gasteiger partial charge on any atom is 0.277 e. The Morgan fingerprint density at radius 2 is 0.825 bits per heavy atom. The maximum atomic E-state index is 2.58. The van der Waals surface area contributed by atoms with Gasteiger partial charge in [-0.1, -0.05) is 140 Å². The lowest BCUT2D eigenvalue weighted by atomic mass is 9.39. The van der Waals surface area contributed by atoms with E-state index in [1.807, 2.05) is 22.7 Å². The van der Waals surface area contributed by atoms with Crippen LogP contribution >= 0.6 is 22.7 Å². The first-order valence-corrected chi connectivity index (χ1v) is 21.2. The van der Waals surface area contributed by atoms with E-state index in [2.05, 4.69) is 198 Å². The number of benzene rings is 9. The van der Waals surface area contributed by atoms with Crippen LogP contribution in [0, 0.1) is 0 Å². The van der Waals surface area contributed by atoms with Gasteiger partial charge in [-0.05, 0) is 97.4 Å². The second-order valence-corrected chi connectivity index (χ2v) is 17.3. The van der Waals surface area contributed by atoms with Crippen LogP contribution in [0.15, 0.2) is 188 Å². The third kappa shape index (κ3) is 4.36. The number of para-hydroxylation sites is 1. The molecule has 0 bridgehead atoms. The predicted octanol–water partition coefficient (Wildman–Crippen LogP) is 13.3. The first-order chi connectivity index (χ1) is 28.3. The zero-order valence-electron chi connectivity index (χ0n) is 30.7. The van der Waals surface area contributed by atoms with Crippen LogP contribution in [0.2, 0.25) is 0 Å². The van der Waals surface area contributed by atoms with E-state index in [9.17, 15) is 0 Å². The van der Waals surface area contributed by atoms with E-state index in [4.69, 9.17) is 0 Å². The fraction of sp³-hybridized carbons (Fsp3) is 0. The number of hydrogen-bond acceptors (Lipinski definition) is 4. The Morgan fingerprint density at radius 1 is 0.368 bits per heavy atom. The average Bonchev–Trinajstić information content (AvgIpc) is 3.86. The van der Waals surface area contributed by atoms with Crippen molar-refractivity contribution in [2.24, 2.45) is 0 Å². The summed E-state index contributed by atoms with van der Waals surface area (Å²) in [6.45, 7) is 0.119. The lowest BCUT2D eigenvalue weighted by Gasteiger charge is -2.42. The molecule has 2 nitrogen and oxygen atoms in total. The molecule has 0 saturated heterocycles. The van der Waals surface area contributed by atoms with E-state index in [0.717, 1.165) is 0 Å². The highest BCUT2D eigenvalue weighted by molar-refractivity contribution is 7.40. The van der Waals surface area contributed by atoms with Crippen LogP contribution in [0.1, 0.15) is 0 Å². The van der Waals surface area contributed by atoms with Crippen LogP contribution in [-0.4, -0.2) is 6.71 Å². The third-order valence-electron chi connectivity index (χ3n) is 12.2. The predicted molar refractivity (Wildman–Crippen MR) is 249 cm³/mol. The van der Waals surface area contributed by atoms with Crippen LogP contribution < -0.4 is 24.8 Å². The fourth-order valence-electron chi connectivity index (χ4n) is 9.93. The van der Waals surface area contributed by atoms with Gasteiger partial charge in [-0.2, -0.15) is 0 Å². The Morgan fingerprint density at radius 3 is 1.46 bits per heavy atom. The van der Waals surface area contributed by atoms with E-state index in [1.54, 1.807) is 0 Å². The number of nitrogens with zero attached hydrogens (tertiary/aromatic N) is 2. The summed E-state index contributed by atoms with van der Waals surface area (Å²) in [6, 6.07) is 69.7. The van der Waals surface area contributed by atoms with Gasteiger partial charge >= 0.3 is 0 Å². The van der Waals surface area contributed by atoms with Gasteiger partial charge in [-0.15, -0.1) is 22.7 Å². The van der Waals surface area contributed by atoms with E-state index >= 15 is 0 Å². The quantitative estimate of drug-likeness (QED) is 0.131. The lowest BCUT2D eigenvalue weighted by Crippen LogP contribution is -2.59. The molecule has 0 N–H and O–H groups in total. The molecule has 5 heteroatoms. The molecule has 11 aromatic rings. The van der Waals surface area contributed by atoms with Gasteiger partial charge in [-0.25, -0.2) is 0 Å². The molecule has 0 aliphatic carbocycles. The van der Waals surface area contributed by atoms with Crippen molar-refractivity contribution in [3.8, 4) is 11.1 Å². The molecule has 0 atom stereocenters. The van der Waals surface area contributed by atoms with Crippen molar-refractivity contribution >= 4 is 131 Å². The second-order valence-electron chi connectivity index (χ2n) is 15.1. The van der Waals surface area contributed by atoms with Crippen molar-refractivity contribution in [2.75, 3.05) is 9.80 Å². The summed E-state index contributed by atoms with van der Waals surface area (Å²) in [5.74, 6) is 0. The van der Waals surface area contributed by atoms with Crippen LogP contribution in [0.5, 0.6) is 0 Å². The number of fused-ring (bicyclic) bond motifs is 14. The second kappa shape index (κ2) is 11.9. The molecule has 0 saturated carbocycles. The third-order valence-corrected chi connectivity index (χ3v) is 14.6. The van der Waals surface area contributed by atoms with Crippen molar-refractivity contribution in [1.82, 2.24) is 0 Å². The molecule has 0 spiro atoms. The van der Waals surface area contributed by atoms with Crippen molar-refractivity contribution in [3.63, 3.8) is 0 Å². The molecule has 0 amide bonds. The van der Waals surface area contributed by atoms with E-state index < -0.39 is 0 Å². The zero-order chi connectivity index (χ0) is 37.2. The molecule has 264 valence electrons. The van der Waals surface area contributed by atoms with Crippen molar-refractivity contribution < 1.29 is 0 Å². The highest BCUT2D eigenvalue weighted by Gasteiger charge is 2.46. The summed E-state index contributed by atoms with van der Waals surface area (Å²) in [4.78, 5) is 5.11. The SMILES string of the molecule is c1ccc(N2c3cccc4c3B(c3sc5ccccc5c32)c2sc3ccccc3c2N4c2cccc(-c3cccc4c5ccccc5c5ccccc5c34)c2)cc1. The summed E-state index contributed by atoms with van der Waals surface area (Å²) in [5, 5.41) is 10.4. The Balaban J connectivity index is 1.10. The summed E-state index contributed by atoms with van der Waals surface area (Å²) < 4.78 is 5.46. The van der Waals surface area contributed by atoms with Gasteiger partial charge in [-0.3, -0.25) is 0 Å². The van der Waals surface area contributed by atoms with E-state index in [-0.39, 0.29) is 6.71 Å². The number of thiophene rings is 2. The molecule has 0 fully saturated rings. The normalized spacial score (nSPS) is 13.2. The minimum absolute atomic E-state index is 0.119. The topological polar surface area (TPSA) is 6.48 Å². The molecular formula is C52H31BN2S2. The first-order valence-electron chi connectivity index (χ1n) is 19.6. The van der Waals surface area contributed by atoms with Crippen molar-refractivity contribution in [2.45, 2.75) is 0 Å².